The summed E-state index contributed by atoms with van der Waals surface area (Å²) in [4.78, 5) is 4.70. The molecular weight excluding hydrogens is 311 g/mol. The second-order valence-electron chi connectivity index (χ2n) is 4.28. The molecule has 0 N–H and O–H groups in total. The van der Waals surface area contributed by atoms with Crippen LogP contribution in [0.2, 0.25) is 0 Å². The summed E-state index contributed by atoms with van der Waals surface area (Å²) in [5, 5.41) is 0. The standard InChI is InChI=1S/C13H13IN2/c1-9-12(14)16(11-7-8-11)13(15-9)10-5-3-2-4-6-10/h2-6,11H,7-8H2,1H3. The summed E-state index contributed by atoms with van der Waals surface area (Å²) < 4.78 is 3.68. The van der Waals surface area contributed by atoms with Crippen molar-refractivity contribution >= 4 is 22.6 Å². The van der Waals surface area contributed by atoms with E-state index in [0.717, 1.165) is 11.5 Å². The zero-order valence-corrected chi connectivity index (χ0v) is 11.3. The second-order valence-corrected chi connectivity index (χ2v) is 5.30. The highest BCUT2D eigenvalue weighted by Crippen LogP contribution is 2.40. The third-order valence-corrected chi connectivity index (χ3v) is 4.26. The third-order valence-electron chi connectivity index (χ3n) is 2.96. The lowest BCUT2D eigenvalue weighted by molar-refractivity contribution is 0.731. The summed E-state index contributed by atoms with van der Waals surface area (Å²) in [7, 11) is 0. The van der Waals surface area contributed by atoms with Crippen LogP contribution in [-0.2, 0) is 0 Å². The predicted octanol–water partition coefficient (Wildman–Crippen LogP) is 3.80. The van der Waals surface area contributed by atoms with Gasteiger partial charge in [0.15, 0.2) is 0 Å². The van der Waals surface area contributed by atoms with Crippen LogP contribution in [0, 0.1) is 10.6 Å². The molecule has 0 saturated heterocycles. The molecule has 0 bridgehead atoms. The minimum atomic E-state index is 0.684. The van der Waals surface area contributed by atoms with Crippen LogP contribution in [0.3, 0.4) is 0 Å². The van der Waals surface area contributed by atoms with Crippen molar-refractivity contribution in [3.63, 3.8) is 0 Å². The van der Waals surface area contributed by atoms with Gasteiger partial charge < -0.3 is 4.57 Å². The van der Waals surface area contributed by atoms with Crippen molar-refractivity contribution in [3.8, 4) is 11.4 Å². The van der Waals surface area contributed by atoms with E-state index in [4.69, 9.17) is 4.98 Å². The Labute approximate surface area is 109 Å². The molecule has 0 aliphatic heterocycles. The van der Waals surface area contributed by atoms with Crippen molar-refractivity contribution in [2.75, 3.05) is 0 Å². The molecule has 1 aliphatic rings. The van der Waals surface area contributed by atoms with E-state index in [0.29, 0.717) is 6.04 Å². The first kappa shape index (κ1) is 10.3. The molecule has 0 spiro atoms. The molecule has 1 heterocycles. The summed E-state index contributed by atoms with van der Waals surface area (Å²) in [5.74, 6) is 1.13. The molecule has 0 amide bonds. The largest absolute Gasteiger partial charge is 0.316 e. The van der Waals surface area contributed by atoms with E-state index in [1.54, 1.807) is 0 Å². The Kier molecular flexibility index (Phi) is 2.50. The van der Waals surface area contributed by atoms with Gasteiger partial charge >= 0.3 is 0 Å². The Bertz CT molecular complexity index is 512. The number of hydrogen-bond acceptors (Lipinski definition) is 1. The van der Waals surface area contributed by atoms with Crippen LogP contribution in [0.4, 0.5) is 0 Å². The zero-order valence-electron chi connectivity index (χ0n) is 9.15. The van der Waals surface area contributed by atoms with Crippen LogP contribution < -0.4 is 0 Å². The SMILES string of the molecule is Cc1nc(-c2ccccc2)n(C2CC2)c1I. The highest BCUT2D eigenvalue weighted by atomic mass is 127. The molecule has 0 unspecified atom stereocenters. The van der Waals surface area contributed by atoms with E-state index < -0.39 is 0 Å². The lowest BCUT2D eigenvalue weighted by Gasteiger charge is -2.07. The van der Waals surface area contributed by atoms with Gasteiger partial charge in [-0.05, 0) is 42.4 Å². The topological polar surface area (TPSA) is 17.8 Å². The Balaban J connectivity index is 2.17. The predicted molar refractivity (Wildman–Crippen MR) is 73.4 cm³/mol. The lowest BCUT2D eigenvalue weighted by Crippen LogP contribution is -1.99. The van der Waals surface area contributed by atoms with E-state index in [-0.39, 0.29) is 0 Å². The summed E-state index contributed by atoms with van der Waals surface area (Å²) in [6.07, 6.45) is 2.59. The Morgan fingerprint density at radius 2 is 1.94 bits per heavy atom. The highest BCUT2D eigenvalue weighted by Gasteiger charge is 2.29. The second kappa shape index (κ2) is 3.87. The number of aromatic nitrogens is 2. The summed E-state index contributed by atoms with van der Waals surface area (Å²) >= 11 is 2.41. The van der Waals surface area contributed by atoms with Crippen molar-refractivity contribution in [2.24, 2.45) is 0 Å². The highest BCUT2D eigenvalue weighted by molar-refractivity contribution is 14.1. The lowest BCUT2D eigenvalue weighted by atomic mass is 10.2. The van der Waals surface area contributed by atoms with Gasteiger partial charge in [0.1, 0.15) is 9.53 Å². The molecule has 1 aromatic heterocycles. The van der Waals surface area contributed by atoms with Gasteiger partial charge in [-0.1, -0.05) is 30.3 Å². The normalized spacial score (nSPS) is 15.4. The molecule has 16 heavy (non-hydrogen) atoms. The van der Waals surface area contributed by atoms with Crippen molar-refractivity contribution in [1.82, 2.24) is 9.55 Å². The molecule has 1 fully saturated rings. The van der Waals surface area contributed by atoms with Gasteiger partial charge in [0.2, 0.25) is 0 Å². The van der Waals surface area contributed by atoms with Gasteiger partial charge in [0.25, 0.3) is 0 Å². The van der Waals surface area contributed by atoms with E-state index in [1.807, 2.05) is 6.07 Å². The molecule has 3 heteroatoms. The fourth-order valence-electron chi connectivity index (χ4n) is 1.98. The smallest absolute Gasteiger partial charge is 0.141 e. The first-order chi connectivity index (χ1) is 7.77. The van der Waals surface area contributed by atoms with E-state index in [2.05, 4.69) is 58.3 Å². The number of imidazole rings is 1. The molecule has 3 rings (SSSR count). The van der Waals surface area contributed by atoms with Gasteiger partial charge in [-0.25, -0.2) is 4.98 Å². The van der Waals surface area contributed by atoms with E-state index >= 15 is 0 Å². The Morgan fingerprint density at radius 1 is 1.25 bits per heavy atom. The maximum Gasteiger partial charge on any atom is 0.141 e. The van der Waals surface area contributed by atoms with Crippen LogP contribution in [0.5, 0.6) is 0 Å². The number of nitrogens with zero attached hydrogens (tertiary/aromatic N) is 2. The molecule has 1 aromatic carbocycles. The first-order valence-corrected chi connectivity index (χ1v) is 6.65. The van der Waals surface area contributed by atoms with E-state index in [9.17, 15) is 0 Å². The van der Waals surface area contributed by atoms with Crippen molar-refractivity contribution < 1.29 is 0 Å². The first-order valence-electron chi connectivity index (χ1n) is 5.57. The maximum absolute atomic E-state index is 4.70. The van der Waals surface area contributed by atoms with E-state index in [1.165, 1.54) is 22.1 Å². The average Bonchev–Trinajstić information content (AvgIpc) is 3.09. The minimum Gasteiger partial charge on any atom is -0.316 e. The molecule has 1 saturated carbocycles. The summed E-state index contributed by atoms with van der Waals surface area (Å²) in [5.41, 5.74) is 2.37. The van der Waals surface area contributed by atoms with Crippen LogP contribution in [0.15, 0.2) is 30.3 Å². The molecule has 2 aromatic rings. The molecule has 2 nitrogen and oxygen atoms in total. The summed E-state index contributed by atoms with van der Waals surface area (Å²) in [6, 6.07) is 11.1. The fourth-order valence-corrected chi connectivity index (χ4v) is 2.73. The van der Waals surface area contributed by atoms with Gasteiger partial charge in [0.05, 0.1) is 5.69 Å². The van der Waals surface area contributed by atoms with Crippen LogP contribution >= 0.6 is 22.6 Å². The third kappa shape index (κ3) is 1.67. The number of benzene rings is 1. The molecule has 0 radical (unpaired) electrons. The van der Waals surface area contributed by atoms with Crippen molar-refractivity contribution in [3.05, 3.63) is 39.7 Å². The quantitative estimate of drug-likeness (QED) is 0.769. The fraction of sp³-hybridized carbons (Fsp3) is 0.308. The van der Waals surface area contributed by atoms with Crippen LogP contribution in [0.25, 0.3) is 11.4 Å². The Morgan fingerprint density at radius 3 is 2.56 bits per heavy atom. The number of hydrogen-bond donors (Lipinski definition) is 0. The zero-order chi connectivity index (χ0) is 11.1. The Hall–Kier alpha value is -0.840. The molecule has 82 valence electrons. The summed E-state index contributed by atoms with van der Waals surface area (Å²) in [6.45, 7) is 2.09. The van der Waals surface area contributed by atoms with Gasteiger partial charge in [0, 0.05) is 11.6 Å². The van der Waals surface area contributed by atoms with Crippen molar-refractivity contribution in [2.45, 2.75) is 25.8 Å². The van der Waals surface area contributed by atoms with Gasteiger partial charge in [-0.3, -0.25) is 0 Å². The number of halogens is 1. The van der Waals surface area contributed by atoms with Gasteiger partial charge in [-0.2, -0.15) is 0 Å². The maximum atomic E-state index is 4.70. The number of aryl methyl sites for hydroxylation is 1. The minimum absolute atomic E-state index is 0.684. The van der Waals surface area contributed by atoms with Crippen LogP contribution in [-0.4, -0.2) is 9.55 Å². The molecule has 0 atom stereocenters. The van der Waals surface area contributed by atoms with Crippen LogP contribution in [0.1, 0.15) is 24.6 Å². The van der Waals surface area contributed by atoms with Gasteiger partial charge in [-0.15, -0.1) is 0 Å². The average molecular weight is 324 g/mol. The molecule has 1 aliphatic carbocycles. The van der Waals surface area contributed by atoms with Crippen molar-refractivity contribution in [1.29, 1.82) is 0 Å². The molecular formula is C13H13IN2. The monoisotopic (exact) mass is 324 g/mol. The number of rotatable bonds is 2.